The minimum atomic E-state index is -0.658. The Labute approximate surface area is 164 Å². The van der Waals surface area contributed by atoms with Gasteiger partial charge in [0.1, 0.15) is 0 Å². The lowest BCUT2D eigenvalue weighted by Gasteiger charge is -2.16. The number of carboxylic acids is 1. The van der Waals surface area contributed by atoms with Crippen LogP contribution in [0.25, 0.3) is 0 Å². The molecule has 4 heteroatoms. The topological polar surface area (TPSA) is 37.3 Å². The van der Waals surface area contributed by atoms with E-state index in [0.29, 0.717) is 6.42 Å². The predicted molar refractivity (Wildman–Crippen MR) is 114 cm³/mol. The highest BCUT2D eigenvalue weighted by Crippen LogP contribution is 2.26. The molecule has 22 heavy (non-hydrogen) atoms. The molecule has 0 saturated heterocycles. The van der Waals surface area contributed by atoms with E-state index in [-0.39, 0.29) is 0 Å². The number of carbonyl (C=O) groups is 1. The summed E-state index contributed by atoms with van der Waals surface area (Å²) in [6.45, 7) is 2.27. The Hall–Kier alpha value is 0.930. The fourth-order valence-corrected chi connectivity index (χ4v) is 4.23. The smallest absolute Gasteiger partial charge is 0.303 e. The first-order valence-electron chi connectivity index (χ1n) is 9.07. The highest BCUT2D eigenvalue weighted by molar-refractivity contribution is 14.1. The standard InChI is InChI=1S/C18H34I2O2/c1-2-3-4-5-7-10-13-16(19)17(20)14-11-8-6-9-12-15-18(21)22/h16-17H,2-15H2,1H3,(H,21,22)/t16-,17+/m0/s1. The van der Waals surface area contributed by atoms with Crippen LogP contribution in [0, 0.1) is 0 Å². The zero-order valence-electron chi connectivity index (χ0n) is 14.2. The summed E-state index contributed by atoms with van der Waals surface area (Å²) in [7, 11) is 0. The Morgan fingerprint density at radius 3 is 1.64 bits per heavy atom. The average molecular weight is 536 g/mol. The first kappa shape index (κ1) is 22.9. The van der Waals surface area contributed by atoms with E-state index in [0.717, 1.165) is 20.7 Å². The van der Waals surface area contributed by atoms with Crippen LogP contribution in [-0.4, -0.2) is 18.9 Å². The maximum Gasteiger partial charge on any atom is 0.303 e. The molecule has 0 saturated carbocycles. The van der Waals surface area contributed by atoms with Gasteiger partial charge in [0.15, 0.2) is 0 Å². The van der Waals surface area contributed by atoms with Gasteiger partial charge < -0.3 is 5.11 Å². The number of carboxylic acid groups (broad SMARTS) is 1. The summed E-state index contributed by atoms with van der Waals surface area (Å²) in [5.74, 6) is -0.658. The lowest BCUT2D eigenvalue weighted by molar-refractivity contribution is -0.137. The Morgan fingerprint density at radius 1 is 0.773 bits per heavy atom. The van der Waals surface area contributed by atoms with E-state index in [1.165, 1.54) is 70.6 Å². The van der Waals surface area contributed by atoms with E-state index in [1.54, 1.807) is 0 Å². The molecule has 0 radical (unpaired) electrons. The third-order valence-corrected chi connectivity index (χ3v) is 8.45. The second-order valence-corrected chi connectivity index (χ2v) is 9.49. The van der Waals surface area contributed by atoms with Gasteiger partial charge in [0.05, 0.1) is 0 Å². The van der Waals surface area contributed by atoms with Crippen LogP contribution in [0.1, 0.15) is 96.8 Å². The fraction of sp³-hybridized carbons (Fsp3) is 0.944. The minimum Gasteiger partial charge on any atom is -0.481 e. The summed E-state index contributed by atoms with van der Waals surface area (Å²) in [5, 5.41) is 8.58. The van der Waals surface area contributed by atoms with E-state index in [4.69, 9.17) is 5.11 Å². The maximum absolute atomic E-state index is 10.4. The van der Waals surface area contributed by atoms with Crippen LogP contribution in [-0.2, 0) is 4.79 Å². The second-order valence-electron chi connectivity index (χ2n) is 6.29. The van der Waals surface area contributed by atoms with Gasteiger partial charge in [-0.05, 0) is 19.3 Å². The lowest BCUT2D eigenvalue weighted by atomic mass is 10.0. The van der Waals surface area contributed by atoms with Gasteiger partial charge in [0, 0.05) is 14.3 Å². The highest BCUT2D eigenvalue weighted by atomic mass is 127. The summed E-state index contributed by atoms with van der Waals surface area (Å²) in [6.07, 6.45) is 17.1. The van der Waals surface area contributed by atoms with Crippen LogP contribution in [0.4, 0.5) is 0 Å². The minimum absolute atomic E-state index is 0.336. The molecule has 0 heterocycles. The van der Waals surface area contributed by atoms with Crippen molar-refractivity contribution in [2.24, 2.45) is 0 Å². The van der Waals surface area contributed by atoms with Crippen molar-refractivity contribution < 1.29 is 9.90 Å². The molecule has 2 nitrogen and oxygen atoms in total. The summed E-state index contributed by atoms with van der Waals surface area (Å²) in [6, 6.07) is 0. The van der Waals surface area contributed by atoms with Gasteiger partial charge in [-0.1, -0.05) is 116 Å². The lowest BCUT2D eigenvalue weighted by Crippen LogP contribution is -2.13. The summed E-state index contributed by atoms with van der Waals surface area (Å²) in [5.41, 5.74) is 0. The second kappa shape index (κ2) is 16.8. The quantitative estimate of drug-likeness (QED) is 0.129. The van der Waals surface area contributed by atoms with Crippen LogP contribution in [0.5, 0.6) is 0 Å². The summed E-state index contributed by atoms with van der Waals surface area (Å²) >= 11 is 5.28. The number of alkyl halides is 2. The normalized spacial score (nSPS) is 14.0. The predicted octanol–water partition coefficient (Wildman–Crippen LogP) is 7.16. The summed E-state index contributed by atoms with van der Waals surface area (Å²) in [4.78, 5) is 10.4. The van der Waals surface area contributed by atoms with E-state index in [9.17, 15) is 4.79 Å². The number of aliphatic carboxylic acids is 1. The van der Waals surface area contributed by atoms with Crippen LogP contribution >= 0.6 is 45.2 Å². The maximum atomic E-state index is 10.4. The number of unbranched alkanes of at least 4 members (excludes halogenated alkanes) is 9. The Kier molecular flexibility index (Phi) is 17.5. The molecule has 0 unspecified atom stereocenters. The van der Waals surface area contributed by atoms with Gasteiger partial charge in [-0.2, -0.15) is 0 Å². The molecule has 0 fully saturated rings. The molecule has 0 aliphatic heterocycles. The van der Waals surface area contributed by atoms with Crippen molar-refractivity contribution in [2.45, 2.75) is 105 Å². The molecule has 0 bridgehead atoms. The van der Waals surface area contributed by atoms with Gasteiger partial charge in [0.2, 0.25) is 0 Å². The highest BCUT2D eigenvalue weighted by Gasteiger charge is 2.14. The van der Waals surface area contributed by atoms with Crippen molar-refractivity contribution in [2.75, 3.05) is 0 Å². The largest absolute Gasteiger partial charge is 0.481 e. The van der Waals surface area contributed by atoms with Crippen molar-refractivity contribution >= 4 is 51.2 Å². The molecule has 0 aliphatic rings. The molecule has 132 valence electrons. The molecular formula is C18H34I2O2. The molecule has 0 spiro atoms. The SMILES string of the molecule is CCCCCCCC[C@H](I)[C@H](I)CCCCCCCC(=O)O. The van der Waals surface area contributed by atoms with Crippen molar-refractivity contribution in [3.8, 4) is 0 Å². The van der Waals surface area contributed by atoms with Crippen LogP contribution in [0.3, 0.4) is 0 Å². The third-order valence-electron chi connectivity index (χ3n) is 4.10. The Bertz CT molecular complexity index is 259. The molecular weight excluding hydrogens is 502 g/mol. The van der Waals surface area contributed by atoms with Gasteiger partial charge in [-0.3, -0.25) is 4.79 Å². The zero-order valence-corrected chi connectivity index (χ0v) is 18.5. The molecule has 0 aromatic heterocycles. The molecule has 0 aliphatic carbocycles. The monoisotopic (exact) mass is 536 g/mol. The van der Waals surface area contributed by atoms with E-state index < -0.39 is 5.97 Å². The number of hydrogen-bond acceptors (Lipinski definition) is 1. The number of rotatable bonds is 16. The van der Waals surface area contributed by atoms with Crippen LogP contribution in [0.15, 0.2) is 0 Å². The summed E-state index contributed by atoms with van der Waals surface area (Å²) < 4.78 is 1.62. The van der Waals surface area contributed by atoms with Gasteiger partial charge >= 0.3 is 5.97 Å². The van der Waals surface area contributed by atoms with Gasteiger partial charge in [-0.15, -0.1) is 0 Å². The third kappa shape index (κ3) is 15.8. The molecule has 2 atom stereocenters. The fourth-order valence-electron chi connectivity index (χ4n) is 2.63. The zero-order chi connectivity index (χ0) is 16.6. The molecule has 0 amide bonds. The van der Waals surface area contributed by atoms with Crippen molar-refractivity contribution in [3.05, 3.63) is 0 Å². The van der Waals surface area contributed by atoms with Crippen molar-refractivity contribution in [1.29, 1.82) is 0 Å². The Balaban J connectivity index is 3.38. The first-order valence-corrected chi connectivity index (χ1v) is 11.6. The number of hydrogen-bond donors (Lipinski definition) is 1. The van der Waals surface area contributed by atoms with E-state index in [2.05, 4.69) is 52.1 Å². The average Bonchev–Trinajstić information content (AvgIpc) is 2.49. The molecule has 0 aromatic rings. The van der Waals surface area contributed by atoms with E-state index >= 15 is 0 Å². The van der Waals surface area contributed by atoms with Gasteiger partial charge in [0.25, 0.3) is 0 Å². The van der Waals surface area contributed by atoms with Crippen LogP contribution < -0.4 is 0 Å². The van der Waals surface area contributed by atoms with Crippen molar-refractivity contribution in [3.63, 3.8) is 0 Å². The molecule has 0 aromatic carbocycles. The Morgan fingerprint density at radius 2 is 1.18 bits per heavy atom. The van der Waals surface area contributed by atoms with E-state index in [1.807, 2.05) is 0 Å². The van der Waals surface area contributed by atoms with Gasteiger partial charge in [-0.25, -0.2) is 0 Å². The molecule has 1 N–H and O–H groups in total. The van der Waals surface area contributed by atoms with Crippen LogP contribution in [0.2, 0.25) is 0 Å². The van der Waals surface area contributed by atoms with Crippen molar-refractivity contribution in [1.82, 2.24) is 0 Å². The number of halogens is 2. The first-order chi connectivity index (χ1) is 10.6. The molecule has 0 rings (SSSR count).